The molecule has 0 fully saturated rings. The van der Waals surface area contributed by atoms with Crippen molar-refractivity contribution in [3.63, 3.8) is 0 Å². The summed E-state index contributed by atoms with van der Waals surface area (Å²) in [6, 6.07) is 8.70. The summed E-state index contributed by atoms with van der Waals surface area (Å²) in [4.78, 5) is 19.4. The molecule has 0 aliphatic carbocycles. The minimum Gasteiger partial charge on any atom is -0.505 e. The molecule has 2 heterocycles. The number of hydrogen-bond acceptors (Lipinski definition) is 7. The van der Waals surface area contributed by atoms with Crippen LogP contribution in [0.25, 0.3) is 0 Å². The molecule has 9 heteroatoms. The van der Waals surface area contributed by atoms with Crippen LogP contribution in [-0.2, 0) is 13.5 Å². The van der Waals surface area contributed by atoms with Gasteiger partial charge in [-0.15, -0.1) is 11.3 Å². The summed E-state index contributed by atoms with van der Waals surface area (Å²) in [6.45, 7) is 1.97. The lowest BCUT2D eigenvalue weighted by Crippen LogP contribution is -2.21. The van der Waals surface area contributed by atoms with Crippen molar-refractivity contribution in [3.05, 3.63) is 46.2 Å². The fourth-order valence-electron chi connectivity index (χ4n) is 3.07. The maximum Gasteiger partial charge on any atom is 0.257 e. The Morgan fingerprint density at radius 1 is 1.16 bits per heavy atom. The molecule has 0 bridgehead atoms. The van der Waals surface area contributed by atoms with Crippen molar-refractivity contribution >= 4 is 40.0 Å². The molecule has 0 unspecified atom stereocenters. The third kappa shape index (κ3) is 4.51. The molecule has 4 N–H and O–H groups in total. The van der Waals surface area contributed by atoms with Crippen molar-refractivity contribution < 1.29 is 20.1 Å². The van der Waals surface area contributed by atoms with Crippen LogP contribution < -0.4 is 5.32 Å². The number of aromatic hydroxyl groups is 3. The van der Waals surface area contributed by atoms with Crippen LogP contribution in [0.3, 0.4) is 0 Å². The Bertz CT molecular complexity index is 1120. The quantitative estimate of drug-likeness (QED) is 0.321. The van der Waals surface area contributed by atoms with Gasteiger partial charge in [-0.3, -0.25) is 9.36 Å². The molecule has 164 valence electrons. The van der Waals surface area contributed by atoms with E-state index in [4.69, 9.17) is 0 Å². The summed E-state index contributed by atoms with van der Waals surface area (Å²) in [6.07, 6.45) is 1.28. The average molecular weight is 443 g/mol. The van der Waals surface area contributed by atoms with Gasteiger partial charge in [0, 0.05) is 38.2 Å². The molecule has 0 aliphatic rings. The van der Waals surface area contributed by atoms with Gasteiger partial charge in [-0.2, -0.15) is 0 Å². The molecule has 1 aromatic carbocycles. The Morgan fingerprint density at radius 2 is 1.90 bits per heavy atom. The number of carbonyl (C=O) groups is 1. The Balaban J connectivity index is 2.03. The van der Waals surface area contributed by atoms with Crippen LogP contribution >= 0.6 is 11.3 Å². The number of anilines is 2. The molecular weight excluding hydrogens is 416 g/mol. The summed E-state index contributed by atoms with van der Waals surface area (Å²) >= 11 is 1.62. The molecular formula is C22H26N4O4S. The van der Waals surface area contributed by atoms with Gasteiger partial charge >= 0.3 is 0 Å². The smallest absolute Gasteiger partial charge is 0.257 e. The molecule has 8 nitrogen and oxygen atoms in total. The molecule has 3 aromatic rings. The third-order valence-corrected chi connectivity index (χ3v) is 5.75. The normalized spacial score (nSPS) is 11.5. The van der Waals surface area contributed by atoms with Crippen LogP contribution in [0.5, 0.6) is 17.5 Å². The van der Waals surface area contributed by atoms with Crippen molar-refractivity contribution in [2.75, 3.05) is 19.4 Å². The summed E-state index contributed by atoms with van der Waals surface area (Å²) in [5.41, 5.74) is 1.46. The first-order valence-electron chi connectivity index (χ1n) is 9.74. The fraction of sp³-hybridized carbons (Fsp3) is 0.273. The molecule has 3 rings (SSSR count). The van der Waals surface area contributed by atoms with E-state index in [0.29, 0.717) is 12.8 Å². The zero-order chi connectivity index (χ0) is 22.7. The summed E-state index contributed by atoms with van der Waals surface area (Å²) in [5, 5.41) is 36.7. The number of benzene rings is 1. The van der Waals surface area contributed by atoms with Gasteiger partial charge in [0.2, 0.25) is 11.8 Å². The van der Waals surface area contributed by atoms with E-state index in [2.05, 4.69) is 10.3 Å². The highest BCUT2D eigenvalue weighted by atomic mass is 32.1. The van der Waals surface area contributed by atoms with Gasteiger partial charge in [0.25, 0.3) is 5.91 Å². The molecule has 0 aliphatic heterocycles. The Hall–Kier alpha value is -3.46. The van der Waals surface area contributed by atoms with Gasteiger partial charge < -0.3 is 25.5 Å². The molecule has 0 radical (unpaired) electrons. The van der Waals surface area contributed by atoms with E-state index in [1.807, 2.05) is 24.4 Å². The highest BCUT2D eigenvalue weighted by Gasteiger charge is 2.23. The topological polar surface area (TPSA) is 110 Å². The Kier molecular flexibility index (Phi) is 6.55. The number of aromatic nitrogens is 1. The van der Waals surface area contributed by atoms with E-state index in [1.54, 1.807) is 37.6 Å². The van der Waals surface area contributed by atoms with Crippen molar-refractivity contribution in [1.29, 1.82) is 0 Å². The lowest BCUT2D eigenvalue weighted by molar-refractivity contribution is 0.0824. The number of nitrogens with one attached hydrogen (secondary N) is 1. The highest BCUT2D eigenvalue weighted by Crippen LogP contribution is 2.47. The second-order valence-electron chi connectivity index (χ2n) is 7.24. The van der Waals surface area contributed by atoms with E-state index in [1.165, 1.54) is 22.6 Å². The molecule has 1 amide bonds. The summed E-state index contributed by atoms with van der Waals surface area (Å²) in [7, 11) is 4.69. The third-order valence-electron chi connectivity index (χ3n) is 4.88. The predicted molar refractivity (Wildman–Crippen MR) is 124 cm³/mol. The number of thiophene rings is 1. The zero-order valence-electron chi connectivity index (χ0n) is 17.9. The van der Waals surface area contributed by atoms with E-state index in [9.17, 15) is 20.1 Å². The van der Waals surface area contributed by atoms with E-state index < -0.39 is 0 Å². The maximum absolute atomic E-state index is 12.3. The van der Waals surface area contributed by atoms with Crippen molar-refractivity contribution in [2.45, 2.75) is 19.8 Å². The van der Waals surface area contributed by atoms with Gasteiger partial charge in [0.15, 0.2) is 11.4 Å². The first-order valence-corrected chi connectivity index (χ1v) is 10.6. The minimum absolute atomic E-state index is 0.117. The lowest BCUT2D eigenvalue weighted by atomic mass is 10.1. The summed E-state index contributed by atoms with van der Waals surface area (Å²) < 4.78 is 1.20. The lowest BCUT2D eigenvalue weighted by Gasteiger charge is -2.15. The Labute approximate surface area is 184 Å². The number of para-hydroxylation sites is 1. The second-order valence-corrected chi connectivity index (χ2v) is 8.28. The molecule has 2 aromatic heterocycles. The SMILES string of the molecule is CCC(Cc1cccs1)=Nc1c(Nc2cccc(C(=O)N(C)C)c2O)c(O)n(C)c1O. The number of amides is 1. The van der Waals surface area contributed by atoms with Crippen LogP contribution in [0.1, 0.15) is 28.6 Å². The number of phenols is 1. The van der Waals surface area contributed by atoms with E-state index in [0.717, 1.165) is 10.6 Å². The molecule has 0 saturated heterocycles. The van der Waals surface area contributed by atoms with Crippen LogP contribution in [0.4, 0.5) is 17.1 Å². The van der Waals surface area contributed by atoms with Crippen LogP contribution in [0, 0.1) is 0 Å². The number of rotatable bonds is 7. The van der Waals surface area contributed by atoms with Crippen LogP contribution in [0.15, 0.2) is 40.7 Å². The average Bonchev–Trinajstić information content (AvgIpc) is 3.33. The summed E-state index contributed by atoms with van der Waals surface area (Å²) in [5.74, 6) is -1.07. The fourth-order valence-corrected chi connectivity index (χ4v) is 3.81. The van der Waals surface area contributed by atoms with Crippen molar-refractivity contribution in [3.8, 4) is 17.5 Å². The van der Waals surface area contributed by atoms with Crippen LogP contribution in [-0.4, -0.2) is 50.5 Å². The first kappa shape index (κ1) is 22.2. The second kappa shape index (κ2) is 9.13. The Morgan fingerprint density at radius 3 is 2.52 bits per heavy atom. The van der Waals surface area contributed by atoms with E-state index >= 15 is 0 Å². The predicted octanol–water partition coefficient (Wildman–Crippen LogP) is 4.37. The van der Waals surface area contributed by atoms with Gasteiger partial charge in [-0.1, -0.05) is 19.1 Å². The number of phenolic OH excluding ortho intramolecular Hbond substituents is 1. The number of nitrogens with zero attached hydrogens (tertiary/aromatic N) is 3. The molecule has 0 atom stereocenters. The minimum atomic E-state index is -0.358. The van der Waals surface area contributed by atoms with Gasteiger partial charge in [-0.25, -0.2) is 4.99 Å². The van der Waals surface area contributed by atoms with Crippen molar-refractivity contribution in [2.24, 2.45) is 12.0 Å². The monoisotopic (exact) mass is 442 g/mol. The molecule has 0 spiro atoms. The standard InChI is InChI=1S/C22H26N4O4S/c1-5-13(12-14-8-7-11-31-14)23-17-18(22(30)26(4)21(17)29)24-16-10-6-9-15(19(16)27)20(28)25(2)3/h6-11,24,27,29-30H,5,12H2,1-4H3. The number of hydrogen-bond donors (Lipinski definition) is 4. The maximum atomic E-state index is 12.3. The van der Waals surface area contributed by atoms with Gasteiger partial charge in [0.05, 0.1) is 11.3 Å². The zero-order valence-corrected chi connectivity index (χ0v) is 18.7. The molecule has 31 heavy (non-hydrogen) atoms. The van der Waals surface area contributed by atoms with Gasteiger partial charge in [0.1, 0.15) is 5.69 Å². The van der Waals surface area contributed by atoms with Gasteiger partial charge in [-0.05, 0) is 30.0 Å². The first-order chi connectivity index (χ1) is 14.7. The van der Waals surface area contributed by atoms with E-state index in [-0.39, 0.29) is 46.0 Å². The molecule has 0 saturated carbocycles. The largest absolute Gasteiger partial charge is 0.505 e. The van der Waals surface area contributed by atoms with Crippen LogP contribution in [0.2, 0.25) is 0 Å². The number of aliphatic imine (C=N–C) groups is 1. The van der Waals surface area contributed by atoms with Crippen molar-refractivity contribution in [1.82, 2.24) is 9.47 Å². The highest BCUT2D eigenvalue weighted by molar-refractivity contribution is 7.10. The number of carbonyl (C=O) groups excluding carboxylic acids is 1.